The lowest BCUT2D eigenvalue weighted by Crippen LogP contribution is -2.20. The molecule has 0 aromatic heterocycles. The van der Waals surface area contributed by atoms with E-state index in [0.717, 1.165) is 0 Å². The molecule has 0 aliphatic rings. The van der Waals surface area contributed by atoms with Crippen molar-refractivity contribution in [3.05, 3.63) is 0 Å². The number of hydrogen-bond donors (Lipinski definition) is 3. The van der Waals surface area contributed by atoms with Crippen LogP contribution in [0.4, 0.5) is 0 Å². The molecule has 8 nitrogen and oxygen atoms in total. The molecule has 0 aliphatic carbocycles. The molecule has 2 unspecified atom stereocenters. The first-order valence-corrected chi connectivity index (χ1v) is 6.62. The summed E-state index contributed by atoms with van der Waals surface area (Å²) >= 11 is 0. The lowest BCUT2D eigenvalue weighted by molar-refractivity contribution is -0.208. The molecule has 17 heavy (non-hydrogen) atoms. The van der Waals surface area contributed by atoms with Gasteiger partial charge in [-0.15, -0.1) is 4.67 Å². The number of rotatable bonds is 9. The highest BCUT2D eigenvalue weighted by Crippen LogP contribution is 2.44. The zero-order valence-electron chi connectivity index (χ0n) is 9.24. The molecule has 0 saturated carbocycles. The first-order chi connectivity index (χ1) is 7.78. The largest absolute Gasteiger partial charge is 0.481 e. The quantitative estimate of drug-likeness (QED) is 0.317. The molecular formula is C8H15O8P. The van der Waals surface area contributed by atoms with E-state index in [1.54, 1.807) is 0 Å². The van der Waals surface area contributed by atoms with Crippen molar-refractivity contribution in [3.63, 3.8) is 0 Å². The second-order valence-corrected chi connectivity index (χ2v) is 5.06. The van der Waals surface area contributed by atoms with Crippen LogP contribution in [0.5, 0.6) is 0 Å². The van der Waals surface area contributed by atoms with Gasteiger partial charge in [-0.05, 0) is 13.3 Å². The van der Waals surface area contributed by atoms with Gasteiger partial charge in [-0.25, -0.2) is 4.89 Å². The molecule has 0 heterocycles. The summed E-state index contributed by atoms with van der Waals surface area (Å²) in [6, 6.07) is 0. The summed E-state index contributed by atoms with van der Waals surface area (Å²) in [5, 5.41) is 17.2. The minimum Gasteiger partial charge on any atom is -0.481 e. The van der Waals surface area contributed by atoms with E-state index in [-0.39, 0.29) is 13.0 Å². The van der Waals surface area contributed by atoms with Crippen LogP contribution < -0.4 is 0 Å². The molecule has 3 N–H and O–H groups in total. The van der Waals surface area contributed by atoms with Gasteiger partial charge in [0.2, 0.25) is 0 Å². The Kier molecular flexibility index (Phi) is 6.98. The van der Waals surface area contributed by atoms with Gasteiger partial charge in [0.25, 0.3) is 0 Å². The molecule has 0 bridgehead atoms. The van der Waals surface area contributed by atoms with Crippen LogP contribution in [0.3, 0.4) is 0 Å². The topological polar surface area (TPSA) is 130 Å². The van der Waals surface area contributed by atoms with Crippen molar-refractivity contribution in [3.8, 4) is 0 Å². The Balaban J connectivity index is 4.37. The van der Waals surface area contributed by atoms with Gasteiger partial charge in [-0.2, -0.15) is 0 Å². The van der Waals surface area contributed by atoms with E-state index < -0.39 is 38.0 Å². The normalized spacial score (nSPS) is 16.1. The Hall–Kier alpha value is -0.950. The monoisotopic (exact) mass is 270 g/mol. The SMILES string of the molecule is CCOOP(=O)(O)CC(CCC(=O)O)C(=O)O. The van der Waals surface area contributed by atoms with Gasteiger partial charge in [-0.3, -0.25) is 14.2 Å². The average molecular weight is 270 g/mol. The number of carbonyl (C=O) groups is 2. The molecule has 0 spiro atoms. The summed E-state index contributed by atoms with van der Waals surface area (Å²) < 4.78 is 15.5. The highest BCUT2D eigenvalue weighted by atomic mass is 31.2. The van der Waals surface area contributed by atoms with Crippen molar-refractivity contribution in [2.75, 3.05) is 12.8 Å². The minimum absolute atomic E-state index is 0.0391. The standard InChI is InChI=1S/C8H15O8P/c1-2-15-16-17(13,14)5-6(8(11)12)3-4-7(9)10/h6H,2-5H2,1H3,(H,9,10)(H,11,12)(H,13,14). The van der Waals surface area contributed by atoms with Gasteiger partial charge < -0.3 is 15.1 Å². The van der Waals surface area contributed by atoms with Crippen LogP contribution in [0.2, 0.25) is 0 Å². The first-order valence-electron chi connectivity index (χ1n) is 4.86. The molecule has 0 amide bonds. The van der Waals surface area contributed by atoms with Crippen LogP contribution in [-0.2, 0) is 23.7 Å². The summed E-state index contributed by atoms with van der Waals surface area (Å²) in [7, 11) is -4.17. The lowest BCUT2D eigenvalue weighted by Gasteiger charge is -2.15. The third kappa shape index (κ3) is 7.87. The van der Waals surface area contributed by atoms with Crippen molar-refractivity contribution in [2.45, 2.75) is 19.8 Å². The van der Waals surface area contributed by atoms with Crippen LogP contribution in [0.25, 0.3) is 0 Å². The Morgan fingerprint density at radius 2 is 1.94 bits per heavy atom. The van der Waals surface area contributed by atoms with Crippen LogP contribution in [-0.4, -0.2) is 39.8 Å². The maximum atomic E-state index is 11.3. The second kappa shape index (κ2) is 7.39. The third-order valence-electron chi connectivity index (χ3n) is 1.79. The third-order valence-corrected chi connectivity index (χ3v) is 3.03. The molecular weight excluding hydrogens is 255 g/mol. The molecule has 0 saturated heterocycles. The number of hydrogen-bond acceptors (Lipinski definition) is 5. The fourth-order valence-electron chi connectivity index (χ4n) is 1.03. The van der Waals surface area contributed by atoms with Crippen molar-refractivity contribution in [1.82, 2.24) is 0 Å². The van der Waals surface area contributed by atoms with Crippen LogP contribution in [0.15, 0.2) is 0 Å². The van der Waals surface area contributed by atoms with Gasteiger partial charge in [0, 0.05) is 6.42 Å². The summed E-state index contributed by atoms with van der Waals surface area (Å²) in [5.74, 6) is -3.78. The van der Waals surface area contributed by atoms with E-state index in [9.17, 15) is 19.0 Å². The molecule has 0 fully saturated rings. The Morgan fingerprint density at radius 3 is 2.35 bits per heavy atom. The minimum atomic E-state index is -4.17. The molecule has 9 heteroatoms. The fraction of sp³-hybridized carbons (Fsp3) is 0.750. The van der Waals surface area contributed by atoms with Gasteiger partial charge in [-0.1, -0.05) is 0 Å². The molecule has 100 valence electrons. The number of carboxylic acids is 2. The summed E-state index contributed by atoms with van der Waals surface area (Å²) in [4.78, 5) is 34.5. The van der Waals surface area contributed by atoms with Crippen molar-refractivity contribution >= 4 is 19.5 Å². The highest BCUT2D eigenvalue weighted by molar-refractivity contribution is 7.52. The Labute approximate surface area is 97.6 Å². The van der Waals surface area contributed by atoms with Crippen molar-refractivity contribution in [2.24, 2.45) is 5.92 Å². The van der Waals surface area contributed by atoms with Gasteiger partial charge >= 0.3 is 19.5 Å². The molecule has 0 aliphatic heterocycles. The smallest absolute Gasteiger partial charge is 0.356 e. The first kappa shape index (κ1) is 16.1. The highest BCUT2D eigenvalue weighted by Gasteiger charge is 2.31. The van der Waals surface area contributed by atoms with Crippen molar-refractivity contribution in [1.29, 1.82) is 0 Å². The van der Waals surface area contributed by atoms with E-state index in [1.807, 2.05) is 0 Å². The number of aliphatic carboxylic acids is 2. The van der Waals surface area contributed by atoms with Crippen molar-refractivity contribution < 1.29 is 38.8 Å². The Bertz CT molecular complexity index is 315. The fourth-order valence-corrected chi connectivity index (χ4v) is 2.26. The maximum Gasteiger partial charge on any atom is 0.356 e. The molecule has 0 rings (SSSR count). The Morgan fingerprint density at radius 1 is 1.35 bits per heavy atom. The summed E-state index contributed by atoms with van der Waals surface area (Å²) in [6.07, 6.45) is -1.33. The number of carboxylic acid groups (broad SMARTS) is 2. The van der Waals surface area contributed by atoms with Crippen LogP contribution in [0.1, 0.15) is 19.8 Å². The lowest BCUT2D eigenvalue weighted by atomic mass is 10.1. The zero-order chi connectivity index (χ0) is 13.5. The van der Waals surface area contributed by atoms with E-state index in [4.69, 9.17) is 10.2 Å². The molecule has 0 aromatic rings. The average Bonchev–Trinajstić information content (AvgIpc) is 2.20. The molecule has 0 radical (unpaired) electrons. The van der Waals surface area contributed by atoms with E-state index in [2.05, 4.69) is 9.56 Å². The van der Waals surface area contributed by atoms with E-state index >= 15 is 0 Å². The van der Waals surface area contributed by atoms with Gasteiger partial charge in [0.15, 0.2) is 0 Å². The van der Waals surface area contributed by atoms with Crippen LogP contribution >= 0.6 is 7.60 Å². The maximum absolute atomic E-state index is 11.3. The van der Waals surface area contributed by atoms with Gasteiger partial charge in [0.05, 0.1) is 18.7 Å². The summed E-state index contributed by atoms with van der Waals surface area (Å²) in [5.41, 5.74) is 0. The molecule has 2 atom stereocenters. The van der Waals surface area contributed by atoms with E-state index in [0.29, 0.717) is 0 Å². The zero-order valence-corrected chi connectivity index (χ0v) is 10.1. The predicted octanol–water partition coefficient (Wildman–Crippen LogP) is 0.705. The second-order valence-electron chi connectivity index (χ2n) is 3.27. The van der Waals surface area contributed by atoms with Crippen LogP contribution in [0, 0.1) is 5.92 Å². The summed E-state index contributed by atoms with van der Waals surface area (Å²) in [6.45, 7) is 1.57. The van der Waals surface area contributed by atoms with Gasteiger partial charge in [0.1, 0.15) is 0 Å². The van der Waals surface area contributed by atoms with E-state index in [1.165, 1.54) is 6.92 Å². The predicted molar refractivity (Wildman–Crippen MR) is 55.4 cm³/mol. The molecule has 0 aromatic carbocycles.